The summed E-state index contributed by atoms with van der Waals surface area (Å²) in [5, 5.41) is 42.0. The van der Waals surface area contributed by atoms with Gasteiger partial charge in [-0.15, -0.1) is 0 Å². The maximum absolute atomic E-state index is 11.1. The zero-order valence-electron chi connectivity index (χ0n) is 13.9. The normalized spacial score (nSPS) is 31.6. The average molecular weight is 438 g/mol. The highest BCUT2D eigenvalue weighted by Gasteiger charge is 2.44. The summed E-state index contributed by atoms with van der Waals surface area (Å²) in [7, 11) is -5.83. The molecular weight excluding hydrogens is 414 g/mol. The van der Waals surface area contributed by atoms with Gasteiger partial charge in [0.2, 0.25) is 0 Å². The van der Waals surface area contributed by atoms with Gasteiger partial charge in [0.25, 0.3) is 0 Å². The molecule has 1 heterocycles. The highest BCUT2D eigenvalue weighted by atomic mass is 32.3. The first-order valence-corrected chi connectivity index (χ1v) is 11.5. The highest BCUT2D eigenvalue weighted by Crippen LogP contribution is 2.30. The molecule has 1 rings (SSSR count). The fourth-order valence-corrected chi connectivity index (χ4v) is 4.05. The molecule has 0 spiro atoms. The molecule has 1 saturated heterocycles. The Morgan fingerprint density at radius 2 is 1.88 bits per heavy atom. The van der Waals surface area contributed by atoms with Crippen LogP contribution >= 0.6 is 11.8 Å². The van der Waals surface area contributed by atoms with Gasteiger partial charge in [-0.1, -0.05) is 16.9 Å². The van der Waals surface area contributed by atoms with Crippen molar-refractivity contribution in [1.29, 1.82) is 0 Å². The van der Waals surface area contributed by atoms with Crippen molar-refractivity contribution in [2.45, 2.75) is 49.1 Å². The van der Waals surface area contributed by atoms with E-state index in [1.165, 1.54) is 0 Å². The summed E-state index contributed by atoms with van der Waals surface area (Å²) in [5.74, 6) is 0.428. The Bertz CT molecular complexity index is 596. The number of hydrogen-bond donors (Lipinski definition) is 5. The van der Waals surface area contributed by atoms with E-state index in [1.807, 2.05) is 0 Å². The number of ether oxygens (including phenoxy) is 1. The van der Waals surface area contributed by atoms with Crippen LogP contribution in [0.1, 0.15) is 19.3 Å². The van der Waals surface area contributed by atoms with Crippen LogP contribution in [0, 0.1) is 0 Å². The van der Waals surface area contributed by atoms with E-state index in [4.69, 9.17) is 14.4 Å². The summed E-state index contributed by atoms with van der Waals surface area (Å²) in [4.78, 5) is 0. The van der Waals surface area contributed by atoms with Crippen LogP contribution in [0.4, 0.5) is 0 Å². The molecule has 0 bridgehead atoms. The van der Waals surface area contributed by atoms with E-state index in [0.717, 1.165) is 11.8 Å². The molecular formula is C12H23NO10S3. The molecule has 0 aromatic heterocycles. The third-order valence-electron chi connectivity index (χ3n) is 3.41. The third kappa shape index (κ3) is 8.14. The Morgan fingerprint density at radius 3 is 2.42 bits per heavy atom. The Kier molecular flexibility index (Phi) is 9.92. The molecule has 14 heteroatoms. The lowest BCUT2D eigenvalue weighted by molar-refractivity contribution is -0.205. The van der Waals surface area contributed by atoms with Gasteiger partial charge in [0.1, 0.15) is 34.9 Å². The van der Waals surface area contributed by atoms with Crippen molar-refractivity contribution in [3.63, 3.8) is 0 Å². The molecule has 1 aliphatic rings. The summed E-state index contributed by atoms with van der Waals surface area (Å²) >= 11 is 0.717. The number of nitrogens with zero attached hydrogens (tertiary/aromatic N) is 1. The van der Waals surface area contributed by atoms with Crippen molar-refractivity contribution < 1.29 is 46.6 Å². The molecule has 0 unspecified atom stereocenters. The number of aliphatic hydroxyl groups is 4. The molecule has 26 heavy (non-hydrogen) atoms. The van der Waals surface area contributed by atoms with E-state index in [9.17, 15) is 27.9 Å². The van der Waals surface area contributed by atoms with Gasteiger partial charge < -0.3 is 25.2 Å². The number of thioether (sulfide) groups is 1. The van der Waals surface area contributed by atoms with Crippen LogP contribution in [0.2, 0.25) is 0 Å². The monoisotopic (exact) mass is 437 g/mol. The molecule has 11 nitrogen and oxygen atoms in total. The standard InChI is InChI=1S/C12H23NO10S3/c1-25(18)5-3-2-4-8(13-23-26(19,20)21)24-12-11(17)10(16)9(15)7(6-14)22-12/h7,9-12,14-17H,2-6H2,1H3,(H,19,20,21)/b13-8-/t7-,9-,10+,11-,12+,25+/m1/s1. The highest BCUT2D eigenvalue weighted by molar-refractivity contribution is 8.14. The molecule has 0 aromatic carbocycles. The van der Waals surface area contributed by atoms with Crippen molar-refractivity contribution in [3.05, 3.63) is 0 Å². The first-order chi connectivity index (χ1) is 12.0. The van der Waals surface area contributed by atoms with Crippen molar-refractivity contribution in [2.75, 3.05) is 18.6 Å². The SMILES string of the molecule is C[S@](=O)CCCC/C(=N/OS(=O)(=O)O)S[C@@H]1O[C@H](CO)[C@@H](O)[C@H](O)[C@H]1O. The van der Waals surface area contributed by atoms with Gasteiger partial charge in [-0.05, 0) is 19.3 Å². The van der Waals surface area contributed by atoms with Gasteiger partial charge >= 0.3 is 10.4 Å². The van der Waals surface area contributed by atoms with Gasteiger partial charge in [-0.3, -0.25) is 8.76 Å². The van der Waals surface area contributed by atoms with Crippen molar-refractivity contribution in [1.82, 2.24) is 0 Å². The lowest BCUT2D eigenvalue weighted by atomic mass is 10.0. The Labute approximate surface area is 157 Å². The summed E-state index contributed by atoms with van der Waals surface area (Å²) in [5.41, 5.74) is -1.17. The molecule has 1 fully saturated rings. The third-order valence-corrected chi connectivity index (χ3v) is 5.71. The second-order valence-corrected chi connectivity index (χ2v) is 9.27. The smallest absolute Gasteiger partial charge is 0.394 e. The van der Waals surface area contributed by atoms with Gasteiger partial charge in [0, 0.05) is 22.8 Å². The van der Waals surface area contributed by atoms with E-state index < -0.39 is 57.7 Å². The molecule has 0 aromatic rings. The van der Waals surface area contributed by atoms with Crippen molar-refractivity contribution in [2.24, 2.45) is 5.16 Å². The predicted octanol–water partition coefficient (Wildman–Crippen LogP) is -1.80. The maximum atomic E-state index is 11.1. The second-order valence-electron chi connectivity index (χ2n) is 5.54. The van der Waals surface area contributed by atoms with Crippen LogP contribution in [-0.2, 0) is 30.2 Å². The predicted molar refractivity (Wildman–Crippen MR) is 94.2 cm³/mol. The Hall–Kier alpha value is -0.320. The van der Waals surface area contributed by atoms with Crippen LogP contribution in [0.5, 0.6) is 0 Å². The van der Waals surface area contributed by atoms with Crippen LogP contribution in [0.25, 0.3) is 0 Å². The lowest BCUT2D eigenvalue weighted by Gasteiger charge is -2.39. The molecule has 6 atom stereocenters. The minimum atomic E-state index is -4.83. The largest absolute Gasteiger partial charge is 0.466 e. The molecule has 0 aliphatic carbocycles. The number of oxime groups is 1. The number of rotatable bonds is 9. The van der Waals surface area contributed by atoms with E-state index in [1.54, 1.807) is 6.26 Å². The van der Waals surface area contributed by atoms with Gasteiger partial charge in [-0.25, -0.2) is 4.28 Å². The zero-order valence-corrected chi connectivity index (χ0v) is 16.3. The van der Waals surface area contributed by atoms with Gasteiger partial charge in [0.15, 0.2) is 0 Å². The Balaban J connectivity index is 2.80. The van der Waals surface area contributed by atoms with E-state index in [2.05, 4.69) is 9.44 Å². The van der Waals surface area contributed by atoms with Crippen LogP contribution < -0.4 is 0 Å². The van der Waals surface area contributed by atoms with Gasteiger partial charge in [-0.2, -0.15) is 8.42 Å². The van der Waals surface area contributed by atoms with E-state index in [-0.39, 0.29) is 11.5 Å². The zero-order chi connectivity index (χ0) is 19.9. The van der Waals surface area contributed by atoms with Gasteiger partial charge in [0.05, 0.1) is 6.61 Å². The molecule has 0 radical (unpaired) electrons. The topological polar surface area (TPSA) is 183 Å². The second kappa shape index (κ2) is 10.9. The fourth-order valence-electron chi connectivity index (χ4n) is 2.10. The fraction of sp³-hybridized carbons (Fsp3) is 0.917. The molecule has 1 aliphatic heterocycles. The molecule has 0 amide bonds. The summed E-state index contributed by atoms with van der Waals surface area (Å²) in [6.45, 7) is -0.613. The first-order valence-electron chi connectivity index (χ1n) is 7.55. The lowest BCUT2D eigenvalue weighted by Crippen LogP contribution is -2.57. The van der Waals surface area contributed by atoms with Crippen LogP contribution in [-0.4, -0.2) is 91.1 Å². The minimum absolute atomic E-state index is 0.0221. The van der Waals surface area contributed by atoms with Crippen molar-refractivity contribution >= 4 is 38.0 Å². The Morgan fingerprint density at radius 1 is 1.23 bits per heavy atom. The quantitative estimate of drug-likeness (QED) is 0.0901. The average Bonchev–Trinajstić information content (AvgIpc) is 2.55. The summed E-state index contributed by atoms with van der Waals surface area (Å²) in [6.07, 6.45) is -3.09. The number of hydrogen-bond acceptors (Lipinski definition) is 11. The number of unbranched alkanes of at least 4 members (excludes halogenated alkanes) is 1. The van der Waals surface area contributed by atoms with Crippen LogP contribution in [0.3, 0.4) is 0 Å². The van der Waals surface area contributed by atoms with Crippen LogP contribution in [0.15, 0.2) is 5.16 Å². The summed E-state index contributed by atoms with van der Waals surface area (Å²) in [6, 6.07) is 0. The molecule has 0 saturated carbocycles. The number of aliphatic hydroxyl groups excluding tert-OH is 4. The van der Waals surface area contributed by atoms with E-state index >= 15 is 0 Å². The van der Waals surface area contributed by atoms with Crippen molar-refractivity contribution in [3.8, 4) is 0 Å². The minimum Gasteiger partial charge on any atom is -0.394 e. The molecule has 154 valence electrons. The first kappa shape index (κ1) is 23.7. The summed E-state index contributed by atoms with van der Waals surface area (Å²) < 4.78 is 50.4. The molecule has 5 N–H and O–H groups in total. The van der Waals surface area contributed by atoms with E-state index in [0.29, 0.717) is 18.6 Å². The maximum Gasteiger partial charge on any atom is 0.466 e.